The highest BCUT2D eigenvalue weighted by molar-refractivity contribution is 8.02. The lowest BCUT2D eigenvalue weighted by Gasteiger charge is -2.08. The molecule has 1 aromatic heterocycles. The van der Waals surface area contributed by atoms with E-state index in [4.69, 9.17) is 0 Å². The zero-order valence-electron chi connectivity index (χ0n) is 8.81. The third kappa shape index (κ3) is 1.95. The van der Waals surface area contributed by atoms with Gasteiger partial charge in [0.2, 0.25) is 0 Å². The van der Waals surface area contributed by atoms with Crippen molar-refractivity contribution in [3.05, 3.63) is 54.9 Å². The van der Waals surface area contributed by atoms with E-state index in [0.29, 0.717) is 0 Å². The minimum absolute atomic E-state index is 1.00. The average molecular weight is 228 g/mol. The van der Waals surface area contributed by atoms with Crippen molar-refractivity contribution in [2.45, 2.75) is 4.90 Å². The predicted molar refractivity (Wildman–Crippen MR) is 70.2 cm³/mol. The number of benzene rings is 1. The molecule has 0 unspecified atom stereocenters. The molecule has 0 spiro atoms. The topological polar surface area (TPSA) is 28.7 Å². The number of H-pyrrole nitrogens is 1. The van der Waals surface area contributed by atoms with Crippen LogP contribution >= 0.6 is 11.8 Å². The number of nitrogens with one attached hydrogen (secondary N) is 1. The zero-order valence-corrected chi connectivity index (χ0v) is 9.63. The Bertz CT molecular complexity index is 501. The van der Waals surface area contributed by atoms with Gasteiger partial charge in [-0.15, -0.1) is 0 Å². The van der Waals surface area contributed by atoms with Gasteiger partial charge in [0.05, 0.1) is 18.2 Å². The number of nitrogens with zero attached hydrogens (tertiary/aromatic N) is 1. The molecule has 80 valence electrons. The number of hydrogen-bond donors (Lipinski definition) is 1. The molecule has 0 radical (unpaired) electrons. The van der Waals surface area contributed by atoms with Gasteiger partial charge in [-0.25, -0.2) is 4.98 Å². The molecule has 1 aromatic carbocycles. The van der Waals surface area contributed by atoms with Crippen molar-refractivity contribution in [2.75, 3.05) is 0 Å². The molecule has 3 heteroatoms. The maximum Gasteiger partial charge on any atom is 0.0924 e. The lowest BCUT2D eigenvalue weighted by Crippen LogP contribution is -1.85. The summed E-state index contributed by atoms with van der Waals surface area (Å²) in [6.45, 7) is 7.59. The van der Waals surface area contributed by atoms with Gasteiger partial charge in [-0.1, -0.05) is 43.1 Å². The van der Waals surface area contributed by atoms with E-state index in [2.05, 4.69) is 35.3 Å². The van der Waals surface area contributed by atoms with Gasteiger partial charge in [-0.3, -0.25) is 0 Å². The normalized spacial score (nSPS) is 10.0. The van der Waals surface area contributed by atoms with Crippen LogP contribution in [0.3, 0.4) is 0 Å². The van der Waals surface area contributed by atoms with E-state index in [1.54, 1.807) is 18.1 Å². The fourth-order valence-corrected chi connectivity index (χ4v) is 2.24. The first-order valence-electron chi connectivity index (χ1n) is 4.88. The number of aromatic amines is 1. The molecule has 1 heterocycles. The van der Waals surface area contributed by atoms with Crippen molar-refractivity contribution in [3.63, 3.8) is 0 Å². The number of imidazole rings is 1. The standard InChI is InChI=1S/C13H12N2S/c1-3-10-11(12-8-14-9-15-12)6-5-7-13(10)16-4-2/h3-9H,1-2H2,(H,14,15). The van der Waals surface area contributed by atoms with Crippen LogP contribution in [0.15, 0.2) is 54.2 Å². The summed E-state index contributed by atoms with van der Waals surface area (Å²) in [5.41, 5.74) is 3.22. The molecule has 0 aliphatic heterocycles. The Kier molecular flexibility index (Phi) is 3.27. The second-order valence-corrected chi connectivity index (χ2v) is 4.18. The quantitative estimate of drug-likeness (QED) is 0.802. The molecular weight excluding hydrogens is 216 g/mol. The van der Waals surface area contributed by atoms with E-state index in [9.17, 15) is 0 Å². The lowest BCUT2D eigenvalue weighted by molar-refractivity contribution is 1.31. The van der Waals surface area contributed by atoms with Gasteiger partial charge >= 0.3 is 0 Å². The molecule has 0 saturated carbocycles. The molecular formula is C13H12N2S. The largest absolute Gasteiger partial charge is 0.345 e. The summed E-state index contributed by atoms with van der Waals surface area (Å²) in [5, 5.41) is 1.82. The molecule has 16 heavy (non-hydrogen) atoms. The first-order valence-corrected chi connectivity index (χ1v) is 5.76. The Hall–Kier alpha value is -1.74. The molecule has 2 nitrogen and oxygen atoms in total. The van der Waals surface area contributed by atoms with Crippen LogP contribution in [0, 0.1) is 0 Å². The maximum absolute atomic E-state index is 4.03. The fourth-order valence-electron chi connectivity index (χ4n) is 1.59. The van der Waals surface area contributed by atoms with Crippen LogP contribution in [0.5, 0.6) is 0 Å². The number of aromatic nitrogens is 2. The van der Waals surface area contributed by atoms with E-state index in [-0.39, 0.29) is 0 Å². The second-order valence-electron chi connectivity index (χ2n) is 3.17. The predicted octanol–water partition coefficient (Wildman–Crippen LogP) is 3.96. The van der Waals surface area contributed by atoms with Crippen molar-refractivity contribution in [1.82, 2.24) is 9.97 Å². The molecule has 0 aliphatic carbocycles. The number of rotatable bonds is 4. The minimum atomic E-state index is 1.00. The molecule has 0 bridgehead atoms. The lowest BCUT2D eigenvalue weighted by atomic mass is 10.1. The molecule has 0 saturated heterocycles. The van der Waals surface area contributed by atoms with Gasteiger partial charge in [0.25, 0.3) is 0 Å². The van der Waals surface area contributed by atoms with Crippen LogP contribution < -0.4 is 0 Å². The maximum atomic E-state index is 4.03. The SMILES string of the molecule is C=CSc1cccc(-c2cnc[nH]2)c1C=C. The van der Waals surface area contributed by atoms with E-state index in [1.165, 1.54) is 0 Å². The van der Waals surface area contributed by atoms with Gasteiger partial charge in [0.15, 0.2) is 0 Å². The monoisotopic (exact) mass is 228 g/mol. The van der Waals surface area contributed by atoms with Gasteiger partial charge in [0.1, 0.15) is 0 Å². The smallest absolute Gasteiger partial charge is 0.0924 e. The summed E-state index contributed by atoms with van der Waals surface area (Å²) in [7, 11) is 0. The summed E-state index contributed by atoms with van der Waals surface area (Å²) in [6, 6.07) is 6.13. The highest BCUT2D eigenvalue weighted by atomic mass is 32.2. The summed E-state index contributed by atoms with van der Waals surface area (Å²) in [6.07, 6.45) is 5.35. The summed E-state index contributed by atoms with van der Waals surface area (Å²) < 4.78 is 0. The third-order valence-corrected chi connectivity index (χ3v) is 3.05. The van der Waals surface area contributed by atoms with E-state index < -0.39 is 0 Å². The van der Waals surface area contributed by atoms with Gasteiger partial charge in [-0.2, -0.15) is 0 Å². The Morgan fingerprint density at radius 3 is 2.81 bits per heavy atom. The molecule has 0 amide bonds. The molecule has 0 fully saturated rings. The molecule has 2 rings (SSSR count). The van der Waals surface area contributed by atoms with Crippen LogP contribution in [0.25, 0.3) is 17.3 Å². The highest BCUT2D eigenvalue weighted by Gasteiger charge is 2.07. The van der Waals surface area contributed by atoms with Crippen molar-refractivity contribution in [2.24, 2.45) is 0 Å². The molecule has 1 N–H and O–H groups in total. The van der Waals surface area contributed by atoms with Gasteiger partial charge in [0, 0.05) is 10.5 Å². The van der Waals surface area contributed by atoms with Crippen LogP contribution in [0.4, 0.5) is 0 Å². The van der Waals surface area contributed by atoms with Gasteiger partial charge in [-0.05, 0) is 17.0 Å². The molecule has 0 atom stereocenters. The van der Waals surface area contributed by atoms with Gasteiger partial charge < -0.3 is 4.98 Å². The van der Waals surface area contributed by atoms with Crippen molar-refractivity contribution >= 4 is 17.8 Å². The van der Waals surface area contributed by atoms with E-state index >= 15 is 0 Å². The van der Waals surface area contributed by atoms with Crippen molar-refractivity contribution in [3.8, 4) is 11.3 Å². The first-order chi connectivity index (χ1) is 7.86. The summed E-state index contributed by atoms with van der Waals surface area (Å²) in [4.78, 5) is 8.29. The third-order valence-electron chi connectivity index (χ3n) is 2.27. The Balaban J connectivity index is 2.57. The van der Waals surface area contributed by atoms with Crippen LogP contribution in [-0.4, -0.2) is 9.97 Å². The van der Waals surface area contributed by atoms with Crippen molar-refractivity contribution in [1.29, 1.82) is 0 Å². The van der Waals surface area contributed by atoms with E-state index in [1.807, 2.05) is 23.7 Å². The van der Waals surface area contributed by atoms with Crippen LogP contribution in [-0.2, 0) is 0 Å². The van der Waals surface area contributed by atoms with Crippen LogP contribution in [0.2, 0.25) is 0 Å². The fraction of sp³-hybridized carbons (Fsp3) is 0. The molecule has 0 aliphatic rings. The Morgan fingerprint density at radius 2 is 2.19 bits per heavy atom. The molecule has 2 aromatic rings. The van der Waals surface area contributed by atoms with E-state index in [0.717, 1.165) is 21.7 Å². The van der Waals surface area contributed by atoms with Crippen molar-refractivity contribution < 1.29 is 0 Å². The zero-order chi connectivity index (χ0) is 11.4. The number of hydrogen-bond acceptors (Lipinski definition) is 2. The Morgan fingerprint density at radius 1 is 1.31 bits per heavy atom. The Labute approximate surface area is 99.1 Å². The average Bonchev–Trinajstić information content (AvgIpc) is 2.82. The summed E-state index contributed by atoms with van der Waals surface area (Å²) in [5.74, 6) is 0. The highest BCUT2D eigenvalue weighted by Crippen LogP contribution is 2.31. The first kappa shape index (κ1) is 10.8. The van der Waals surface area contributed by atoms with Crippen LogP contribution in [0.1, 0.15) is 5.56 Å². The second kappa shape index (κ2) is 4.86. The minimum Gasteiger partial charge on any atom is -0.345 e. The summed E-state index contributed by atoms with van der Waals surface area (Å²) >= 11 is 1.60. The number of thioether (sulfide) groups is 1.